The SMILES string of the molecule is C=C(C)CN(C)c1ccc(CN)c(C)n1. The zero-order valence-electron chi connectivity index (χ0n) is 9.75. The van der Waals surface area contributed by atoms with Crippen LogP contribution in [0.25, 0.3) is 0 Å². The molecule has 3 nitrogen and oxygen atoms in total. The van der Waals surface area contributed by atoms with E-state index in [0.29, 0.717) is 6.54 Å². The minimum Gasteiger partial charge on any atom is -0.356 e. The number of likely N-dealkylation sites (N-methyl/N-ethyl adjacent to an activating group) is 1. The van der Waals surface area contributed by atoms with E-state index in [0.717, 1.165) is 29.2 Å². The van der Waals surface area contributed by atoms with Crippen LogP contribution in [0.5, 0.6) is 0 Å². The van der Waals surface area contributed by atoms with Crippen molar-refractivity contribution >= 4 is 5.82 Å². The van der Waals surface area contributed by atoms with E-state index in [4.69, 9.17) is 5.73 Å². The zero-order chi connectivity index (χ0) is 11.4. The number of aryl methyl sites for hydroxylation is 1. The molecule has 0 unspecified atom stereocenters. The predicted octanol–water partition coefficient (Wildman–Crippen LogP) is 1.86. The van der Waals surface area contributed by atoms with E-state index in [1.807, 2.05) is 33.0 Å². The van der Waals surface area contributed by atoms with Crippen molar-refractivity contribution in [2.45, 2.75) is 20.4 Å². The molecule has 0 aliphatic rings. The summed E-state index contributed by atoms with van der Waals surface area (Å²) in [7, 11) is 2.01. The van der Waals surface area contributed by atoms with E-state index >= 15 is 0 Å². The Bertz CT molecular complexity index is 358. The van der Waals surface area contributed by atoms with E-state index in [1.165, 1.54) is 0 Å². The first-order valence-corrected chi connectivity index (χ1v) is 5.06. The van der Waals surface area contributed by atoms with Crippen LogP contribution < -0.4 is 10.6 Å². The van der Waals surface area contributed by atoms with Crippen LogP contribution in [0.3, 0.4) is 0 Å². The Balaban J connectivity index is 2.87. The smallest absolute Gasteiger partial charge is 0.128 e. The molecule has 0 saturated carbocycles. The fraction of sp³-hybridized carbons (Fsp3) is 0.417. The quantitative estimate of drug-likeness (QED) is 0.763. The molecule has 0 radical (unpaired) electrons. The van der Waals surface area contributed by atoms with Crippen LogP contribution in [-0.4, -0.2) is 18.6 Å². The molecule has 0 aromatic carbocycles. The Morgan fingerprint density at radius 3 is 2.67 bits per heavy atom. The highest BCUT2D eigenvalue weighted by molar-refractivity contribution is 5.41. The van der Waals surface area contributed by atoms with Gasteiger partial charge in [0.2, 0.25) is 0 Å². The number of rotatable bonds is 4. The van der Waals surface area contributed by atoms with Crippen molar-refractivity contribution in [3.63, 3.8) is 0 Å². The summed E-state index contributed by atoms with van der Waals surface area (Å²) in [5.41, 5.74) is 8.82. The van der Waals surface area contributed by atoms with Gasteiger partial charge in [-0.25, -0.2) is 4.98 Å². The van der Waals surface area contributed by atoms with Crippen molar-refractivity contribution < 1.29 is 0 Å². The number of pyridine rings is 1. The maximum Gasteiger partial charge on any atom is 0.128 e. The number of anilines is 1. The molecule has 82 valence electrons. The maximum absolute atomic E-state index is 5.59. The second-order valence-corrected chi connectivity index (χ2v) is 3.93. The maximum atomic E-state index is 5.59. The Morgan fingerprint density at radius 1 is 1.53 bits per heavy atom. The minimum atomic E-state index is 0.545. The standard InChI is InChI=1S/C12H19N3/c1-9(2)8-15(4)12-6-5-11(7-13)10(3)14-12/h5-6H,1,7-8,13H2,2-4H3. The highest BCUT2D eigenvalue weighted by Crippen LogP contribution is 2.13. The molecule has 0 aliphatic carbocycles. The van der Waals surface area contributed by atoms with Gasteiger partial charge < -0.3 is 10.6 Å². The third-order valence-corrected chi connectivity index (χ3v) is 2.30. The summed E-state index contributed by atoms with van der Waals surface area (Å²) in [6, 6.07) is 4.03. The zero-order valence-corrected chi connectivity index (χ0v) is 9.75. The molecule has 1 aromatic rings. The molecule has 0 aliphatic heterocycles. The van der Waals surface area contributed by atoms with Gasteiger partial charge >= 0.3 is 0 Å². The molecule has 0 atom stereocenters. The number of hydrogen-bond acceptors (Lipinski definition) is 3. The number of aromatic nitrogens is 1. The summed E-state index contributed by atoms with van der Waals surface area (Å²) in [5.74, 6) is 0.965. The fourth-order valence-electron chi connectivity index (χ4n) is 1.49. The van der Waals surface area contributed by atoms with Crippen LogP contribution in [0.4, 0.5) is 5.82 Å². The average molecular weight is 205 g/mol. The van der Waals surface area contributed by atoms with Gasteiger partial charge in [-0.2, -0.15) is 0 Å². The summed E-state index contributed by atoms with van der Waals surface area (Å²) >= 11 is 0. The predicted molar refractivity (Wildman–Crippen MR) is 64.9 cm³/mol. The van der Waals surface area contributed by atoms with Gasteiger partial charge in [-0.1, -0.05) is 18.2 Å². The first kappa shape index (κ1) is 11.7. The van der Waals surface area contributed by atoms with Gasteiger partial charge in [0.05, 0.1) is 0 Å². The van der Waals surface area contributed by atoms with Gasteiger partial charge in [0.25, 0.3) is 0 Å². The normalized spacial score (nSPS) is 10.1. The third-order valence-electron chi connectivity index (χ3n) is 2.30. The highest BCUT2D eigenvalue weighted by atomic mass is 15.2. The second-order valence-electron chi connectivity index (χ2n) is 3.93. The molecule has 0 bridgehead atoms. The van der Waals surface area contributed by atoms with E-state index in [2.05, 4.69) is 16.5 Å². The Morgan fingerprint density at radius 2 is 2.20 bits per heavy atom. The average Bonchev–Trinajstić information content (AvgIpc) is 2.16. The monoisotopic (exact) mass is 205 g/mol. The van der Waals surface area contributed by atoms with E-state index < -0.39 is 0 Å². The van der Waals surface area contributed by atoms with Gasteiger partial charge in [0.15, 0.2) is 0 Å². The molecular weight excluding hydrogens is 186 g/mol. The van der Waals surface area contributed by atoms with Crippen molar-refractivity contribution in [2.75, 3.05) is 18.5 Å². The first-order chi connectivity index (χ1) is 7.04. The van der Waals surface area contributed by atoms with Crippen molar-refractivity contribution in [1.82, 2.24) is 4.98 Å². The lowest BCUT2D eigenvalue weighted by Crippen LogP contribution is -2.20. The van der Waals surface area contributed by atoms with Crippen molar-refractivity contribution in [2.24, 2.45) is 5.73 Å². The Hall–Kier alpha value is -1.35. The van der Waals surface area contributed by atoms with Crippen LogP contribution in [0.15, 0.2) is 24.3 Å². The molecule has 0 saturated heterocycles. The van der Waals surface area contributed by atoms with Gasteiger partial charge in [0, 0.05) is 25.8 Å². The van der Waals surface area contributed by atoms with Gasteiger partial charge in [0.1, 0.15) is 5.82 Å². The molecule has 1 heterocycles. The molecule has 1 aromatic heterocycles. The van der Waals surface area contributed by atoms with Crippen LogP contribution in [0.2, 0.25) is 0 Å². The van der Waals surface area contributed by atoms with Crippen LogP contribution in [0.1, 0.15) is 18.2 Å². The Kier molecular flexibility index (Phi) is 3.86. The summed E-state index contributed by atoms with van der Waals surface area (Å²) in [5, 5.41) is 0. The highest BCUT2D eigenvalue weighted by Gasteiger charge is 2.04. The summed E-state index contributed by atoms with van der Waals surface area (Å²) < 4.78 is 0. The van der Waals surface area contributed by atoms with Crippen molar-refractivity contribution in [1.29, 1.82) is 0 Å². The fourth-order valence-corrected chi connectivity index (χ4v) is 1.49. The number of nitrogens with zero attached hydrogens (tertiary/aromatic N) is 2. The van der Waals surface area contributed by atoms with Crippen LogP contribution >= 0.6 is 0 Å². The number of nitrogens with two attached hydrogens (primary N) is 1. The second kappa shape index (κ2) is 4.94. The Labute approximate surface area is 91.6 Å². The minimum absolute atomic E-state index is 0.545. The third kappa shape index (κ3) is 3.06. The lowest BCUT2D eigenvalue weighted by atomic mass is 10.2. The molecular formula is C12H19N3. The molecule has 0 amide bonds. The lowest BCUT2D eigenvalue weighted by molar-refractivity contribution is 0.928. The van der Waals surface area contributed by atoms with Crippen molar-refractivity contribution in [3.8, 4) is 0 Å². The van der Waals surface area contributed by atoms with E-state index in [9.17, 15) is 0 Å². The summed E-state index contributed by atoms with van der Waals surface area (Å²) in [6.07, 6.45) is 0. The van der Waals surface area contributed by atoms with Gasteiger partial charge in [-0.05, 0) is 25.5 Å². The molecule has 1 rings (SSSR count). The largest absolute Gasteiger partial charge is 0.356 e. The van der Waals surface area contributed by atoms with E-state index in [1.54, 1.807) is 0 Å². The van der Waals surface area contributed by atoms with Crippen LogP contribution in [-0.2, 0) is 6.54 Å². The van der Waals surface area contributed by atoms with E-state index in [-0.39, 0.29) is 0 Å². The molecule has 0 spiro atoms. The molecule has 2 N–H and O–H groups in total. The lowest BCUT2D eigenvalue weighted by Gasteiger charge is -2.19. The van der Waals surface area contributed by atoms with Crippen molar-refractivity contribution in [3.05, 3.63) is 35.5 Å². The molecule has 15 heavy (non-hydrogen) atoms. The molecule has 3 heteroatoms. The molecule has 0 fully saturated rings. The van der Waals surface area contributed by atoms with Crippen LogP contribution in [0, 0.1) is 6.92 Å². The first-order valence-electron chi connectivity index (χ1n) is 5.06. The summed E-state index contributed by atoms with van der Waals surface area (Å²) in [4.78, 5) is 6.58. The topological polar surface area (TPSA) is 42.1 Å². The summed E-state index contributed by atoms with van der Waals surface area (Å²) in [6.45, 7) is 9.26. The number of hydrogen-bond donors (Lipinski definition) is 1. The van der Waals surface area contributed by atoms with Gasteiger partial charge in [-0.15, -0.1) is 0 Å². The van der Waals surface area contributed by atoms with Gasteiger partial charge in [-0.3, -0.25) is 0 Å².